The number of hydrogen-bond donors (Lipinski definition) is 1. The monoisotopic (exact) mass is 352 g/mol. The van der Waals surface area contributed by atoms with Crippen LogP contribution in [0.5, 0.6) is 0 Å². The Morgan fingerprint density at radius 1 is 1.00 bits per heavy atom. The van der Waals surface area contributed by atoms with Crippen LogP contribution in [0.1, 0.15) is 30.4 Å². The van der Waals surface area contributed by atoms with Gasteiger partial charge in [-0.25, -0.2) is 0 Å². The van der Waals surface area contributed by atoms with E-state index in [-0.39, 0.29) is 11.9 Å². The van der Waals surface area contributed by atoms with E-state index in [0.29, 0.717) is 19.8 Å². The number of nitrogens with one attached hydrogen (secondary N) is 1. The number of amides is 1. The largest absolute Gasteiger partial charge is 0.375 e. The van der Waals surface area contributed by atoms with Gasteiger partial charge in [0.05, 0.1) is 25.8 Å². The van der Waals surface area contributed by atoms with Crippen LogP contribution < -0.4 is 5.32 Å². The van der Waals surface area contributed by atoms with Crippen molar-refractivity contribution in [3.05, 3.63) is 71.8 Å². The van der Waals surface area contributed by atoms with Crippen LogP contribution in [0.3, 0.4) is 0 Å². The maximum atomic E-state index is 12.6. The number of hydrogen-bond acceptors (Lipinski definition) is 3. The van der Waals surface area contributed by atoms with Crippen molar-refractivity contribution in [3.8, 4) is 0 Å². The Hall–Kier alpha value is -2.17. The molecule has 4 heteroatoms. The van der Waals surface area contributed by atoms with Gasteiger partial charge in [0.25, 0.3) is 0 Å². The summed E-state index contributed by atoms with van der Waals surface area (Å²) in [6, 6.07) is 20.6. The Bertz CT molecular complexity index is 660. The first-order valence-electron chi connectivity index (χ1n) is 9.49. The highest BCUT2D eigenvalue weighted by Gasteiger charge is 2.26. The predicted molar refractivity (Wildman–Crippen MR) is 104 cm³/mol. The number of carbonyl (C=O) groups excluding carboxylic acids is 1. The van der Waals surface area contributed by atoms with Gasteiger partial charge in [0.2, 0.25) is 5.91 Å². The van der Waals surface area contributed by atoms with Gasteiger partial charge in [-0.2, -0.15) is 0 Å². The second kappa shape index (κ2) is 10.1. The lowest BCUT2D eigenvalue weighted by molar-refractivity contribution is -0.135. The van der Waals surface area contributed by atoms with Crippen molar-refractivity contribution in [2.24, 2.45) is 0 Å². The third kappa shape index (κ3) is 5.68. The van der Waals surface area contributed by atoms with E-state index in [4.69, 9.17) is 4.74 Å². The molecule has 1 unspecified atom stereocenters. The fraction of sp³-hybridized carbons (Fsp3) is 0.409. The maximum Gasteiger partial charge on any atom is 0.236 e. The van der Waals surface area contributed by atoms with Gasteiger partial charge < -0.3 is 15.0 Å². The molecule has 1 N–H and O–H groups in total. The van der Waals surface area contributed by atoms with Crippen molar-refractivity contribution in [3.63, 3.8) is 0 Å². The van der Waals surface area contributed by atoms with Crippen molar-refractivity contribution in [1.82, 2.24) is 10.2 Å². The summed E-state index contributed by atoms with van der Waals surface area (Å²) >= 11 is 0. The van der Waals surface area contributed by atoms with Gasteiger partial charge in [-0.05, 0) is 30.4 Å². The summed E-state index contributed by atoms with van der Waals surface area (Å²) in [6.45, 7) is 3.15. The molecule has 138 valence electrons. The Morgan fingerprint density at radius 2 is 1.69 bits per heavy atom. The van der Waals surface area contributed by atoms with Crippen LogP contribution in [-0.2, 0) is 22.7 Å². The zero-order chi connectivity index (χ0) is 18.0. The average Bonchev–Trinajstić information content (AvgIpc) is 2.70. The van der Waals surface area contributed by atoms with Crippen molar-refractivity contribution in [2.75, 3.05) is 19.7 Å². The fourth-order valence-electron chi connectivity index (χ4n) is 3.40. The summed E-state index contributed by atoms with van der Waals surface area (Å²) in [5, 5.41) is 3.27. The summed E-state index contributed by atoms with van der Waals surface area (Å²) in [4.78, 5) is 14.6. The molecule has 2 aromatic rings. The minimum Gasteiger partial charge on any atom is -0.375 e. The number of carbonyl (C=O) groups is 1. The standard InChI is InChI=1S/C22H28N2O2/c25-22(16-23-15-19-9-3-1-4-10-19)24-14-8-7-13-21(24)18-26-17-20-11-5-2-6-12-20/h1-6,9-12,21,23H,7-8,13-18H2. The van der Waals surface area contributed by atoms with E-state index in [2.05, 4.69) is 29.6 Å². The average molecular weight is 352 g/mol. The molecule has 0 aromatic heterocycles. The van der Waals surface area contributed by atoms with Crippen LogP contribution in [-0.4, -0.2) is 36.5 Å². The van der Waals surface area contributed by atoms with Gasteiger partial charge in [-0.15, -0.1) is 0 Å². The van der Waals surface area contributed by atoms with Crippen LogP contribution in [0, 0.1) is 0 Å². The van der Waals surface area contributed by atoms with Crippen LogP contribution in [0.4, 0.5) is 0 Å². The Labute approximate surface area is 156 Å². The lowest BCUT2D eigenvalue weighted by atomic mass is 10.0. The second-order valence-electron chi connectivity index (χ2n) is 6.83. The molecule has 2 aromatic carbocycles. The van der Waals surface area contributed by atoms with Crippen molar-refractivity contribution in [2.45, 2.75) is 38.5 Å². The molecule has 1 fully saturated rings. The molecule has 0 radical (unpaired) electrons. The van der Waals surface area contributed by atoms with E-state index < -0.39 is 0 Å². The number of benzene rings is 2. The van der Waals surface area contributed by atoms with Crippen molar-refractivity contribution < 1.29 is 9.53 Å². The third-order valence-electron chi connectivity index (χ3n) is 4.82. The molecule has 0 spiro atoms. The maximum absolute atomic E-state index is 12.6. The third-order valence-corrected chi connectivity index (χ3v) is 4.82. The van der Waals surface area contributed by atoms with E-state index in [1.54, 1.807) is 0 Å². The molecule has 4 nitrogen and oxygen atoms in total. The number of nitrogens with zero attached hydrogens (tertiary/aromatic N) is 1. The minimum atomic E-state index is 0.175. The number of rotatable bonds is 8. The Balaban J connectivity index is 1.44. The molecule has 1 saturated heterocycles. The van der Waals surface area contributed by atoms with Gasteiger partial charge in [-0.3, -0.25) is 4.79 Å². The summed E-state index contributed by atoms with van der Waals surface area (Å²) in [5.74, 6) is 0.175. The van der Waals surface area contributed by atoms with Crippen LogP contribution in [0.25, 0.3) is 0 Å². The highest BCUT2D eigenvalue weighted by molar-refractivity contribution is 5.78. The lowest BCUT2D eigenvalue weighted by Gasteiger charge is -2.35. The molecule has 1 aliphatic rings. The molecule has 26 heavy (non-hydrogen) atoms. The number of piperidine rings is 1. The normalized spacial score (nSPS) is 17.2. The molecule has 1 aliphatic heterocycles. The molecule has 1 amide bonds. The molecule has 1 heterocycles. The number of ether oxygens (including phenoxy) is 1. The van der Waals surface area contributed by atoms with E-state index in [1.165, 1.54) is 17.5 Å². The molecular weight excluding hydrogens is 324 g/mol. The first-order valence-corrected chi connectivity index (χ1v) is 9.49. The van der Waals surface area contributed by atoms with Gasteiger partial charge in [0.15, 0.2) is 0 Å². The lowest BCUT2D eigenvalue weighted by Crippen LogP contribution is -2.49. The van der Waals surface area contributed by atoms with Crippen LogP contribution in [0.15, 0.2) is 60.7 Å². The molecule has 0 saturated carbocycles. The first kappa shape index (κ1) is 18.6. The summed E-state index contributed by atoms with van der Waals surface area (Å²) in [5.41, 5.74) is 2.37. The summed E-state index contributed by atoms with van der Waals surface area (Å²) in [6.07, 6.45) is 3.28. The summed E-state index contributed by atoms with van der Waals surface area (Å²) < 4.78 is 5.90. The quantitative estimate of drug-likeness (QED) is 0.792. The molecular formula is C22H28N2O2. The Morgan fingerprint density at radius 3 is 2.42 bits per heavy atom. The molecule has 0 bridgehead atoms. The SMILES string of the molecule is O=C(CNCc1ccccc1)N1CCCCC1COCc1ccccc1. The van der Waals surface area contributed by atoms with Gasteiger partial charge in [0, 0.05) is 13.1 Å². The minimum absolute atomic E-state index is 0.175. The van der Waals surface area contributed by atoms with Gasteiger partial charge in [-0.1, -0.05) is 60.7 Å². The van der Waals surface area contributed by atoms with E-state index in [1.807, 2.05) is 41.3 Å². The van der Waals surface area contributed by atoms with Crippen LogP contribution in [0.2, 0.25) is 0 Å². The Kier molecular flexibility index (Phi) is 7.23. The first-order chi connectivity index (χ1) is 12.8. The smallest absolute Gasteiger partial charge is 0.236 e. The predicted octanol–water partition coefficient (Wildman–Crippen LogP) is 3.37. The fourth-order valence-corrected chi connectivity index (χ4v) is 3.40. The van der Waals surface area contributed by atoms with E-state index >= 15 is 0 Å². The van der Waals surface area contributed by atoms with Crippen LogP contribution >= 0.6 is 0 Å². The number of likely N-dealkylation sites (tertiary alicyclic amines) is 1. The van der Waals surface area contributed by atoms with E-state index in [9.17, 15) is 4.79 Å². The summed E-state index contributed by atoms with van der Waals surface area (Å²) in [7, 11) is 0. The van der Waals surface area contributed by atoms with Gasteiger partial charge >= 0.3 is 0 Å². The molecule has 1 atom stereocenters. The zero-order valence-electron chi connectivity index (χ0n) is 15.3. The highest BCUT2D eigenvalue weighted by atomic mass is 16.5. The zero-order valence-corrected chi connectivity index (χ0v) is 15.3. The molecule has 3 rings (SSSR count). The highest BCUT2D eigenvalue weighted by Crippen LogP contribution is 2.18. The van der Waals surface area contributed by atoms with Crippen molar-refractivity contribution >= 4 is 5.91 Å². The van der Waals surface area contributed by atoms with Gasteiger partial charge in [0.1, 0.15) is 0 Å². The van der Waals surface area contributed by atoms with E-state index in [0.717, 1.165) is 25.9 Å². The molecule has 0 aliphatic carbocycles. The topological polar surface area (TPSA) is 41.6 Å². The van der Waals surface area contributed by atoms with Crippen molar-refractivity contribution in [1.29, 1.82) is 0 Å². The second-order valence-corrected chi connectivity index (χ2v) is 6.83.